The highest BCUT2D eigenvalue weighted by Gasteiger charge is 2.30. The van der Waals surface area contributed by atoms with Crippen molar-refractivity contribution in [2.75, 3.05) is 18.9 Å². The van der Waals surface area contributed by atoms with Crippen molar-refractivity contribution in [3.8, 4) is 16.9 Å². The summed E-state index contributed by atoms with van der Waals surface area (Å²) in [6, 6.07) is 12.2. The maximum absolute atomic E-state index is 12.3. The number of hydrogen-bond acceptors (Lipinski definition) is 6. The van der Waals surface area contributed by atoms with E-state index in [2.05, 4.69) is 10.0 Å². The third-order valence-corrected chi connectivity index (χ3v) is 4.81. The molecule has 1 saturated heterocycles. The van der Waals surface area contributed by atoms with Gasteiger partial charge in [0.25, 0.3) is 0 Å². The average molecular weight is 383 g/mol. The lowest BCUT2D eigenvalue weighted by Crippen LogP contribution is -2.34. The topological polar surface area (TPSA) is 122 Å². The van der Waals surface area contributed by atoms with E-state index in [9.17, 15) is 15.2 Å². The standard InChI is InChI=1S/C19H21N5O4/c1-28-18-7-5-13(12-23-16(11-21-22-20)6-8-19(23)25)9-17(18)14-3-2-4-15(10-14)24(26)27/h2-5,7,9-10,16,26-27H,6,8,11-12H2,1H3. The van der Waals surface area contributed by atoms with Crippen LogP contribution in [0.25, 0.3) is 21.6 Å². The highest BCUT2D eigenvalue weighted by molar-refractivity contribution is 5.79. The Morgan fingerprint density at radius 1 is 1.32 bits per heavy atom. The first-order valence-corrected chi connectivity index (χ1v) is 8.79. The Morgan fingerprint density at radius 3 is 2.86 bits per heavy atom. The number of rotatable bonds is 7. The van der Waals surface area contributed by atoms with E-state index in [-0.39, 0.29) is 29.4 Å². The molecular formula is C19H21N5O4. The number of methoxy groups -OCH3 is 1. The van der Waals surface area contributed by atoms with Crippen molar-refractivity contribution >= 4 is 11.6 Å². The summed E-state index contributed by atoms with van der Waals surface area (Å²) in [4.78, 5) is 16.8. The Bertz CT molecular complexity index is 911. The molecule has 0 aliphatic carbocycles. The quantitative estimate of drug-likeness (QED) is 0.326. The number of amides is 1. The molecule has 28 heavy (non-hydrogen) atoms. The molecule has 2 aromatic rings. The van der Waals surface area contributed by atoms with E-state index >= 15 is 0 Å². The fraction of sp³-hybridized carbons (Fsp3) is 0.316. The van der Waals surface area contributed by atoms with Gasteiger partial charge in [-0.15, -0.1) is 5.23 Å². The number of carbonyl (C=O) groups excluding carboxylic acids is 1. The van der Waals surface area contributed by atoms with Crippen LogP contribution >= 0.6 is 0 Å². The Kier molecular flexibility index (Phi) is 6.00. The third-order valence-electron chi connectivity index (χ3n) is 4.81. The van der Waals surface area contributed by atoms with E-state index in [1.165, 1.54) is 0 Å². The van der Waals surface area contributed by atoms with E-state index in [0.717, 1.165) is 16.7 Å². The molecule has 0 aromatic heterocycles. The van der Waals surface area contributed by atoms with Crippen LogP contribution < -0.4 is 9.96 Å². The van der Waals surface area contributed by atoms with Gasteiger partial charge in [0.2, 0.25) is 5.91 Å². The minimum Gasteiger partial charge on any atom is -0.496 e. The number of carbonyl (C=O) groups is 1. The van der Waals surface area contributed by atoms with Gasteiger partial charge in [-0.2, -0.15) is 0 Å². The Balaban J connectivity index is 1.91. The summed E-state index contributed by atoms with van der Waals surface area (Å²) < 4.78 is 5.45. The van der Waals surface area contributed by atoms with Crippen molar-refractivity contribution in [3.63, 3.8) is 0 Å². The van der Waals surface area contributed by atoms with Crippen molar-refractivity contribution < 1.29 is 19.9 Å². The zero-order valence-electron chi connectivity index (χ0n) is 15.4. The second-order valence-corrected chi connectivity index (χ2v) is 6.50. The summed E-state index contributed by atoms with van der Waals surface area (Å²) >= 11 is 0. The lowest BCUT2D eigenvalue weighted by Gasteiger charge is -2.24. The van der Waals surface area contributed by atoms with Gasteiger partial charge in [-0.1, -0.05) is 23.3 Å². The summed E-state index contributed by atoms with van der Waals surface area (Å²) in [6.45, 7) is 0.656. The molecule has 0 spiro atoms. The number of azide groups is 1. The van der Waals surface area contributed by atoms with Crippen molar-refractivity contribution in [3.05, 3.63) is 58.5 Å². The van der Waals surface area contributed by atoms with Crippen molar-refractivity contribution in [1.82, 2.24) is 4.90 Å². The molecule has 1 amide bonds. The van der Waals surface area contributed by atoms with Crippen molar-refractivity contribution in [2.45, 2.75) is 25.4 Å². The number of likely N-dealkylation sites (tertiary alicyclic amines) is 1. The first kappa shape index (κ1) is 19.5. The second kappa shape index (κ2) is 8.62. The molecule has 0 radical (unpaired) electrons. The molecular weight excluding hydrogens is 362 g/mol. The number of hydrogen-bond donors (Lipinski definition) is 2. The third kappa shape index (κ3) is 4.17. The van der Waals surface area contributed by atoms with Gasteiger partial charge in [0.05, 0.1) is 12.8 Å². The minimum atomic E-state index is -0.102. The van der Waals surface area contributed by atoms with E-state index in [1.54, 1.807) is 30.2 Å². The van der Waals surface area contributed by atoms with Crippen LogP contribution in [0.2, 0.25) is 0 Å². The Labute approximate surface area is 161 Å². The second-order valence-electron chi connectivity index (χ2n) is 6.50. The molecule has 0 bridgehead atoms. The Morgan fingerprint density at radius 2 is 2.14 bits per heavy atom. The lowest BCUT2D eigenvalue weighted by atomic mass is 10.0. The zero-order chi connectivity index (χ0) is 20.1. The van der Waals surface area contributed by atoms with Gasteiger partial charge in [-0.3, -0.25) is 15.2 Å². The molecule has 1 atom stereocenters. The minimum absolute atomic E-state index is 0.0358. The van der Waals surface area contributed by atoms with E-state index in [1.807, 2.05) is 24.3 Å². The number of anilines is 1. The SMILES string of the molecule is COc1ccc(CN2C(=O)CCC2CN=[N+]=[N-])cc1-c1cccc(N(O)O)c1. The summed E-state index contributed by atoms with van der Waals surface area (Å²) in [5, 5.41) is 22.2. The largest absolute Gasteiger partial charge is 0.496 e. The molecule has 1 heterocycles. The first-order valence-electron chi connectivity index (χ1n) is 8.79. The summed E-state index contributed by atoms with van der Waals surface area (Å²) in [5.74, 6) is 0.662. The van der Waals surface area contributed by atoms with Gasteiger partial charge < -0.3 is 9.64 Å². The van der Waals surface area contributed by atoms with Crippen LogP contribution in [0.3, 0.4) is 0 Å². The molecule has 9 nitrogen and oxygen atoms in total. The molecule has 1 unspecified atom stereocenters. The summed E-state index contributed by atoms with van der Waals surface area (Å²) in [6.07, 6.45) is 1.12. The monoisotopic (exact) mass is 383 g/mol. The van der Waals surface area contributed by atoms with Gasteiger partial charge in [0, 0.05) is 36.0 Å². The molecule has 146 valence electrons. The van der Waals surface area contributed by atoms with Crippen LogP contribution in [0.5, 0.6) is 5.75 Å². The maximum Gasteiger partial charge on any atom is 0.223 e. The summed E-state index contributed by atoms with van der Waals surface area (Å²) in [7, 11) is 1.56. The lowest BCUT2D eigenvalue weighted by molar-refractivity contribution is -0.129. The molecule has 1 fully saturated rings. The highest BCUT2D eigenvalue weighted by Crippen LogP contribution is 2.33. The number of benzene rings is 2. The van der Waals surface area contributed by atoms with Gasteiger partial charge in [-0.25, -0.2) is 0 Å². The predicted molar refractivity (Wildman–Crippen MR) is 102 cm³/mol. The molecule has 2 N–H and O–H groups in total. The Hall–Kier alpha value is -3.26. The number of nitrogens with zero attached hydrogens (tertiary/aromatic N) is 5. The van der Waals surface area contributed by atoms with Crippen LogP contribution in [-0.2, 0) is 11.3 Å². The maximum atomic E-state index is 12.3. The zero-order valence-corrected chi connectivity index (χ0v) is 15.4. The molecule has 9 heteroatoms. The van der Waals surface area contributed by atoms with Gasteiger partial charge in [0.15, 0.2) is 0 Å². The van der Waals surface area contributed by atoms with Crippen molar-refractivity contribution in [2.24, 2.45) is 5.11 Å². The van der Waals surface area contributed by atoms with Gasteiger partial charge >= 0.3 is 0 Å². The smallest absolute Gasteiger partial charge is 0.223 e. The van der Waals surface area contributed by atoms with E-state index in [4.69, 9.17) is 10.3 Å². The van der Waals surface area contributed by atoms with Crippen LogP contribution in [-0.4, -0.2) is 40.9 Å². The van der Waals surface area contributed by atoms with Crippen LogP contribution in [0.15, 0.2) is 47.6 Å². The van der Waals surface area contributed by atoms with Gasteiger partial charge in [0.1, 0.15) is 5.75 Å². The molecule has 2 aromatic carbocycles. The van der Waals surface area contributed by atoms with Crippen LogP contribution in [0, 0.1) is 0 Å². The van der Waals surface area contributed by atoms with Crippen LogP contribution in [0.1, 0.15) is 18.4 Å². The fourth-order valence-electron chi connectivity index (χ4n) is 3.40. The highest BCUT2D eigenvalue weighted by atomic mass is 16.8. The van der Waals surface area contributed by atoms with Crippen molar-refractivity contribution in [1.29, 1.82) is 0 Å². The summed E-state index contributed by atoms with van der Waals surface area (Å²) in [5.41, 5.74) is 11.2. The fourth-order valence-corrected chi connectivity index (χ4v) is 3.40. The number of ether oxygens (including phenoxy) is 1. The van der Waals surface area contributed by atoms with E-state index < -0.39 is 0 Å². The first-order chi connectivity index (χ1) is 13.5. The molecule has 0 saturated carbocycles. The van der Waals surface area contributed by atoms with Gasteiger partial charge in [-0.05, 0) is 47.3 Å². The average Bonchev–Trinajstić information content (AvgIpc) is 3.05. The predicted octanol–water partition coefficient (Wildman–Crippen LogP) is 3.75. The molecule has 3 rings (SSSR count). The molecule has 1 aliphatic rings. The molecule has 1 aliphatic heterocycles. The van der Waals surface area contributed by atoms with Crippen LogP contribution in [0.4, 0.5) is 5.69 Å². The normalized spacial score (nSPS) is 16.0. The van der Waals surface area contributed by atoms with E-state index in [0.29, 0.717) is 25.1 Å².